The van der Waals surface area contributed by atoms with E-state index < -0.39 is 0 Å². The van der Waals surface area contributed by atoms with Crippen LogP contribution in [0.15, 0.2) is 23.9 Å². The molecule has 2 atom stereocenters. The van der Waals surface area contributed by atoms with Gasteiger partial charge in [-0.2, -0.15) is 0 Å². The molecule has 0 saturated carbocycles. The molecule has 0 fully saturated rings. The maximum absolute atomic E-state index is 3.41. The van der Waals surface area contributed by atoms with Crippen molar-refractivity contribution < 1.29 is 0 Å². The Kier molecular flexibility index (Phi) is 4.07. The van der Waals surface area contributed by atoms with E-state index in [4.69, 9.17) is 0 Å². The zero-order valence-electron chi connectivity index (χ0n) is 9.01. The Hall–Kier alpha value is -0.720. The summed E-state index contributed by atoms with van der Waals surface area (Å²) in [6.45, 7) is 6.75. The summed E-state index contributed by atoms with van der Waals surface area (Å²) in [4.78, 5) is 0. The smallest absolute Gasteiger partial charge is 0.0439 e. The molecule has 1 heterocycles. The Morgan fingerprint density at radius 3 is 2.69 bits per heavy atom. The lowest BCUT2D eigenvalue weighted by Gasteiger charge is -2.20. The van der Waals surface area contributed by atoms with E-state index >= 15 is 0 Å². The SMILES string of the molecule is CCCC(C)C1=CNC(CC)C=C1. The molecule has 0 aromatic rings. The Morgan fingerprint density at radius 1 is 1.46 bits per heavy atom. The fraction of sp³-hybridized carbons (Fsp3) is 0.667. The molecule has 1 aliphatic heterocycles. The summed E-state index contributed by atoms with van der Waals surface area (Å²) >= 11 is 0. The third-order valence-electron chi connectivity index (χ3n) is 2.72. The first-order chi connectivity index (χ1) is 6.27. The molecule has 1 rings (SSSR count). The van der Waals surface area contributed by atoms with Gasteiger partial charge in [0.05, 0.1) is 0 Å². The fourth-order valence-corrected chi connectivity index (χ4v) is 1.69. The molecule has 74 valence electrons. The number of nitrogens with one attached hydrogen (secondary N) is 1. The van der Waals surface area contributed by atoms with E-state index in [0.717, 1.165) is 0 Å². The highest BCUT2D eigenvalue weighted by atomic mass is 14.9. The van der Waals surface area contributed by atoms with Crippen LogP contribution in [0.1, 0.15) is 40.0 Å². The van der Waals surface area contributed by atoms with Crippen LogP contribution in [-0.2, 0) is 0 Å². The van der Waals surface area contributed by atoms with Crippen molar-refractivity contribution in [3.63, 3.8) is 0 Å². The molecule has 0 aliphatic carbocycles. The van der Waals surface area contributed by atoms with Crippen molar-refractivity contribution in [1.82, 2.24) is 5.32 Å². The van der Waals surface area contributed by atoms with Gasteiger partial charge in [-0.3, -0.25) is 0 Å². The van der Waals surface area contributed by atoms with E-state index in [2.05, 4.69) is 44.4 Å². The maximum atomic E-state index is 3.41. The van der Waals surface area contributed by atoms with Crippen molar-refractivity contribution in [3.05, 3.63) is 23.9 Å². The van der Waals surface area contributed by atoms with E-state index in [1.807, 2.05) is 0 Å². The van der Waals surface area contributed by atoms with Gasteiger partial charge in [0.15, 0.2) is 0 Å². The van der Waals surface area contributed by atoms with E-state index in [-0.39, 0.29) is 0 Å². The Labute approximate surface area is 81.9 Å². The van der Waals surface area contributed by atoms with Crippen molar-refractivity contribution in [1.29, 1.82) is 0 Å². The van der Waals surface area contributed by atoms with Crippen molar-refractivity contribution in [2.75, 3.05) is 0 Å². The molecule has 0 amide bonds. The van der Waals surface area contributed by atoms with Gasteiger partial charge < -0.3 is 5.32 Å². The average Bonchev–Trinajstić information content (AvgIpc) is 2.18. The Morgan fingerprint density at radius 2 is 2.23 bits per heavy atom. The number of rotatable bonds is 4. The van der Waals surface area contributed by atoms with Crippen LogP contribution in [0.25, 0.3) is 0 Å². The number of dihydropyridines is 1. The molecule has 0 spiro atoms. The molecule has 1 N–H and O–H groups in total. The summed E-state index contributed by atoms with van der Waals surface area (Å²) in [5, 5.41) is 3.41. The molecule has 0 radical (unpaired) electrons. The predicted molar refractivity (Wildman–Crippen MR) is 58.5 cm³/mol. The lowest BCUT2D eigenvalue weighted by molar-refractivity contribution is 0.588. The van der Waals surface area contributed by atoms with Gasteiger partial charge in [0.1, 0.15) is 0 Å². The number of hydrogen-bond acceptors (Lipinski definition) is 1. The second kappa shape index (κ2) is 5.11. The summed E-state index contributed by atoms with van der Waals surface area (Å²) in [5.74, 6) is 0.701. The predicted octanol–water partition coefficient (Wildman–Crippen LogP) is 3.24. The van der Waals surface area contributed by atoms with Crippen LogP contribution in [0.4, 0.5) is 0 Å². The third kappa shape index (κ3) is 2.91. The first-order valence-electron chi connectivity index (χ1n) is 5.42. The van der Waals surface area contributed by atoms with Crippen molar-refractivity contribution in [3.8, 4) is 0 Å². The van der Waals surface area contributed by atoms with Gasteiger partial charge in [0, 0.05) is 12.2 Å². The second-order valence-electron chi connectivity index (χ2n) is 3.87. The van der Waals surface area contributed by atoms with Crippen molar-refractivity contribution in [2.24, 2.45) is 5.92 Å². The Bertz CT molecular complexity index is 203. The summed E-state index contributed by atoms with van der Waals surface area (Å²) in [6, 6.07) is 0.553. The van der Waals surface area contributed by atoms with Crippen LogP contribution < -0.4 is 5.32 Å². The van der Waals surface area contributed by atoms with Gasteiger partial charge in [0.25, 0.3) is 0 Å². The highest BCUT2D eigenvalue weighted by Gasteiger charge is 2.09. The van der Waals surface area contributed by atoms with Crippen LogP contribution >= 0.6 is 0 Å². The van der Waals surface area contributed by atoms with E-state index in [1.165, 1.54) is 24.8 Å². The van der Waals surface area contributed by atoms with Crippen molar-refractivity contribution in [2.45, 2.75) is 46.1 Å². The van der Waals surface area contributed by atoms with Gasteiger partial charge in [-0.1, -0.05) is 39.3 Å². The quantitative estimate of drug-likeness (QED) is 0.698. The van der Waals surface area contributed by atoms with Crippen molar-refractivity contribution >= 4 is 0 Å². The summed E-state index contributed by atoms with van der Waals surface area (Å²) in [7, 11) is 0. The average molecular weight is 179 g/mol. The van der Waals surface area contributed by atoms with Gasteiger partial charge in [0.2, 0.25) is 0 Å². The zero-order valence-corrected chi connectivity index (χ0v) is 9.01. The normalized spacial score (nSPS) is 23.6. The maximum Gasteiger partial charge on any atom is 0.0439 e. The van der Waals surface area contributed by atoms with Gasteiger partial charge >= 0.3 is 0 Å². The van der Waals surface area contributed by atoms with E-state index in [9.17, 15) is 0 Å². The number of allylic oxidation sites excluding steroid dienone is 2. The highest BCUT2D eigenvalue weighted by Crippen LogP contribution is 2.19. The fourth-order valence-electron chi connectivity index (χ4n) is 1.69. The molecular formula is C12H21N. The van der Waals surface area contributed by atoms with Crippen LogP contribution in [0.2, 0.25) is 0 Å². The molecular weight excluding hydrogens is 158 g/mol. The van der Waals surface area contributed by atoms with Crippen LogP contribution in [0.5, 0.6) is 0 Å². The first kappa shape index (κ1) is 10.4. The molecule has 13 heavy (non-hydrogen) atoms. The molecule has 1 nitrogen and oxygen atoms in total. The largest absolute Gasteiger partial charge is 0.384 e. The molecule has 2 unspecified atom stereocenters. The molecule has 0 aromatic carbocycles. The van der Waals surface area contributed by atoms with Crippen LogP contribution in [0, 0.1) is 5.92 Å². The molecule has 0 aromatic heterocycles. The minimum absolute atomic E-state index is 0.553. The van der Waals surface area contributed by atoms with Gasteiger partial charge in [-0.15, -0.1) is 0 Å². The molecule has 0 saturated heterocycles. The Balaban J connectivity index is 2.46. The highest BCUT2D eigenvalue weighted by molar-refractivity contribution is 5.25. The van der Waals surface area contributed by atoms with E-state index in [0.29, 0.717) is 12.0 Å². The lowest BCUT2D eigenvalue weighted by atomic mass is 9.94. The summed E-state index contributed by atoms with van der Waals surface area (Å²) < 4.78 is 0. The second-order valence-corrected chi connectivity index (χ2v) is 3.87. The van der Waals surface area contributed by atoms with Gasteiger partial charge in [-0.05, 0) is 24.3 Å². The lowest BCUT2D eigenvalue weighted by Crippen LogP contribution is -2.24. The summed E-state index contributed by atoms with van der Waals surface area (Å²) in [5.41, 5.74) is 1.45. The third-order valence-corrected chi connectivity index (χ3v) is 2.72. The topological polar surface area (TPSA) is 12.0 Å². The van der Waals surface area contributed by atoms with Gasteiger partial charge in [-0.25, -0.2) is 0 Å². The van der Waals surface area contributed by atoms with Crippen LogP contribution in [-0.4, -0.2) is 6.04 Å². The zero-order chi connectivity index (χ0) is 9.68. The first-order valence-corrected chi connectivity index (χ1v) is 5.42. The minimum Gasteiger partial charge on any atom is -0.384 e. The van der Waals surface area contributed by atoms with Crippen LogP contribution in [0.3, 0.4) is 0 Å². The van der Waals surface area contributed by atoms with E-state index in [1.54, 1.807) is 0 Å². The minimum atomic E-state index is 0.553. The standard InChI is InChI=1S/C12H21N/c1-4-6-10(3)11-7-8-12(5-2)13-9-11/h7-10,12-13H,4-6H2,1-3H3. The molecule has 0 bridgehead atoms. The molecule has 1 aliphatic rings. The number of hydrogen-bond donors (Lipinski definition) is 1. The summed E-state index contributed by atoms with van der Waals surface area (Å²) in [6.07, 6.45) is 10.5. The molecule has 1 heteroatoms. The monoisotopic (exact) mass is 179 g/mol.